The molecule has 0 bridgehead atoms. The maximum atomic E-state index is 13.5. The van der Waals surface area contributed by atoms with Gasteiger partial charge in [0.05, 0.1) is 5.56 Å². The molecule has 1 rings (SSSR count). The van der Waals surface area contributed by atoms with E-state index >= 15 is 0 Å². The summed E-state index contributed by atoms with van der Waals surface area (Å²) in [6.45, 7) is 1.55. The second-order valence-electron chi connectivity index (χ2n) is 3.93. The lowest BCUT2D eigenvalue weighted by Gasteiger charge is -2.26. The van der Waals surface area contributed by atoms with Crippen molar-refractivity contribution in [1.82, 2.24) is 0 Å². The van der Waals surface area contributed by atoms with Gasteiger partial charge >= 0.3 is 11.9 Å². The first-order valence-corrected chi connectivity index (χ1v) is 4.57. The van der Waals surface area contributed by atoms with Gasteiger partial charge in [-0.1, -0.05) is 12.1 Å². The number of alkyl halides is 3. The Hall–Kier alpha value is -1.52. The van der Waals surface area contributed by atoms with Gasteiger partial charge in [0.15, 0.2) is 5.67 Å². The molecule has 0 spiro atoms. The van der Waals surface area contributed by atoms with Gasteiger partial charge < -0.3 is 5.11 Å². The predicted molar refractivity (Wildman–Crippen MR) is 52.5 cm³/mol. The number of rotatable bonds is 3. The number of hydrogen-bond donors (Lipinski definition) is 1. The molecule has 0 heterocycles. The standard InChI is InChI=1S/C11H11F3O2/c1-10(2,12)11(13,14)8-5-3-7(4-6-8)9(15)16/h3-6H,1-2H3,(H,15,16). The Bertz CT molecular complexity index is 391. The van der Waals surface area contributed by atoms with Crippen LogP contribution in [0.15, 0.2) is 24.3 Å². The quantitative estimate of drug-likeness (QED) is 0.868. The molecule has 0 amide bonds. The van der Waals surface area contributed by atoms with Crippen molar-refractivity contribution in [2.24, 2.45) is 0 Å². The van der Waals surface area contributed by atoms with E-state index in [1.54, 1.807) is 0 Å². The van der Waals surface area contributed by atoms with E-state index in [0.717, 1.165) is 38.1 Å². The molecule has 0 atom stereocenters. The Morgan fingerprint density at radius 1 is 1.12 bits per heavy atom. The van der Waals surface area contributed by atoms with Crippen LogP contribution in [0.3, 0.4) is 0 Å². The molecule has 1 aromatic carbocycles. The first-order chi connectivity index (χ1) is 7.16. The van der Waals surface area contributed by atoms with E-state index in [1.807, 2.05) is 0 Å². The highest BCUT2D eigenvalue weighted by molar-refractivity contribution is 5.87. The molecule has 16 heavy (non-hydrogen) atoms. The number of halogens is 3. The first-order valence-electron chi connectivity index (χ1n) is 4.57. The summed E-state index contributed by atoms with van der Waals surface area (Å²) < 4.78 is 40.2. The van der Waals surface area contributed by atoms with Crippen LogP contribution in [-0.4, -0.2) is 16.7 Å². The third-order valence-electron chi connectivity index (χ3n) is 2.24. The van der Waals surface area contributed by atoms with Crippen LogP contribution in [0.2, 0.25) is 0 Å². The molecule has 1 aromatic rings. The van der Waals surface area contributed by atoms with E-state index < -0.39 is 23.1 Å². The summed E-state index contributed by atoms with van der Waals surface area (Å²) in [6, 6.07) is 3.89. The maximum Gasteiger partial charge on any atom is 0.335 e. The highest BCUT2D eigenvalue weighted by atomic mass is 19.3. The molecule has 0 aliphatic heterocycles. The lowest BCUT2D eigenvalue weighted by molar-refractivity contribution is -0.127. The molecule has 0 saturated carbocycles. The van der Waals surface area contributed by atoms with Crippen LogP contribution in [0.25, 0.3) is 0 Å². The Kier molecular flexibility index (Phi) is 2.99. The molecular weight excluding hydrogens is 221 g/mol. The SMILES string of the molecule is CC(C)(F)C(F)(F)c1ccc(C(=O)O)cc1. The minimum absolute atomic E-state index is 0.115. The Morgan fingerprint density at radius 3 is 1.88 bits per heavy atom. The van der Waals surface area contributed by atoms with Crippen LogP contribution < -0.4 is 0 Å². The Balaban J connectivity index is 3.11. The molecule has 1 N–H and O–H groups in total. The Labute approximate surface area is 90.7 Å². The third kappa shape index (κ3) is 2.18. The van der Waals surface area contributed by atoms with E-state index in [4.69, 9.17) is 5.11 Å². The molecule has 0 fully saturated rings. The molecule has 0 aliphatic carbocycles. The zero-order valence-corrected chi connectivity index (χ0v) is 8.80. The summed E-state index contributed by atoms with van der Waals surface area (Å²) in [7, 11) is 0. The highest BCUT2D eigenvalue weighted by Crippen LogP contribution is 2.41. The van der Waals surface area contributed by atoms with Crippen LogP contribution >= 0.6 is 0 Å². The average molecular weight is 232 g/mol. The number of carboxylic acids is 1. The monoisotopic (exact) mass is 232 g/mol. The highest BCUT2D eigenvalue weighted by Gasteiger charge is 2.48. The zero-order valence-electron chi connectivity index (χ0n) is 8.80. The van der Waals surface area contributed by atoms with Crippen LogP contribution in [0, 0.1) is 0 Å². The largest absolute Gasteiger partial charge is 0.478 e. The van der Waals surface area contributed by atoms with Crippen molar-refractivity contribution in [3.63, 3.8) is 0 Å². The molecular formula is C11H11F3O2. The fourth-order valence-corrected chi connectivity index (χ4v) is 1.17. The summed E-state index contributed by atoms with van der Waals surface area (Å²) in [5, 5.41) is 8.58. The Morgan fingerprint density at radius 2 is 1.56 bits per heavy atom. The molecule has 88 valence electrons. The lowest BCUT2D eigenvalue weighted by atomic mass is 9.94. The van der Waals surface area contributed by atoms with Crippen molar-refractivity contribution in [3.8, 4) is 0 Å². The van der Waals surface area contributed by atoms with E-state index in [2.05, 4.69) is 0 Å². The molecule has 0 radical (unpaired) electrons. The van der Waals surface area contributed by atoms with Crippen molar-refractivity contribution >= 4 is 5.97 Å². The van der Waals surface area contributed by atoms with Crippen molar-refractivity contribution in [1.29, 1.82) is 0 Å². The average Bonchev–Trinajstić information content (AvgIpc) is 2.16. The third-order valence-corrected chi connectivity index (χ3v) is 2.24. The van der Waals surface area contributed by atoms with Crippen LogP contribution in [0.5, 0.6) is 0 Å². The smallest absolute Gasteiger partial charge is 0.335 e. The van der Waals surface area contributed by atoms with Gasteiger partial charge in [0.25, 0.3) is 0 Å². The van der Waals surface area contributed by atoms with E-state index in [1.165, 1.54) is 0 Å². The molecule has 5 heteroatoms. The number of carbonyl (C=O) groups is 1. The molecule has 0 aromatic heterocycles. The van der Waals surface area contributed by atoms with Gasteiger partial charge in [-0.3, -0.25) is 0 Å². The molecule has 2 nitrogen and oxygen atoms in total. The van der Waals surface area contributed by atoms with E-state index in [-0.39, 0.29) is 5.56 Å². The summed E-state index contributed by atoms with van der Waals surface area (Å²) in [6.07, 6.45) is 0. The molecule has 0 aliphatic rings. The van der Waals surface area contributed by atoms with Gasteiger partial charge in [-0.15, -0.1) is 0 Å². The molecule has 0 unspecified atom stereocenters. The summed E-state index contributed by atoms with van der Waals surface area (Å²) in [5.74, 6) is -4.86. The van der Waals surface area contributed by atoms with Crippen LogP contribution in [0.1, 0.15) is 29.8 Å². The number of benzene rings is 1. The summed E-state index contributed by atoms with van der Waals surface area (Å²) in [4.78, 5) is 10.5. The van der Waals surface area contributed by atoms with Crippen LogP contribution in [-0.2, 0) is 5.92 Å². The van der Waals surface area contributed by atoms with Gasteiger partial charge in [0.2, 0.25) is 0 Å². The van der Waals surface area contributed by atoms with Gasteiger partial charge in [-0.05, 0) is 26.0 Å². The second kappa shape index (κ2) is 3.81. The predicted octanol–water partition coefficient (Wildman–Crippen LogP) is 3.22. The fraction of sp³-hybridized carbons (Fsp3) is 0.364. The topological polar surface area (TPSA) is 37.3 Å². The van der Waals surface area contributed by atoms with Gasteiger partial charge in [-0.25, -0.2) is 9.18 Å². The van der Waals surface area contributed by atoms with Gasteiger partial charge in [0, 0.05) is 5.56 Å². The minimum atomic E-state index is -3.65. The van der Waals surface area contributed by atoms with E-state index in [9.17, 15) is 18.0 Å². The number of carboxylic acid groups (broad SMARTS) is 1. The fourth-order valence-electron chi connectivity index (χ4n) is 1.17. The number of hydrogen-bond acceptors (Lipinski definition) is 1. The van der Waals surface area contributed by atoms with Gasteiger partial charge in [-0.2, -0.15) is 8.78 Å². The van der Waals surface area contributed by atoms with E-state index in [0.29, 0.717) is 0 Å². The minimum Gasteiger partial charge on any atom is -0.478 e. The van der Waals surface area contributed by atoms with Gasteiger partial charge in [0.1, 0.15) is 0 Å². The zero-order chi connectivity index (χ0) is 12.6. The summed E-state index contributed by atoms with van der Waals surface area (Å²) in [5.41, 5.74) is -3.35. The summed E-state index contributed by atoms with van der Waals surface area (Å²) >= 11 is 0. The maximum absolute atomic E-state index is 13.5. The molecule has 0 saturated heterocycles. The second-order valence-corrected chi connectivity index (χ2v) is 3.93. The van der Waals surface area contributed by atoms with Crippen molar-refractivity contribution in [2.45, 2.75) is 25.4 Å². The lowest BCUT2D eigenvalue weighted by Crippen LogP contribution is -2.36. The van der Waals surface area contributed by atoms with Crippen molar-refractivity contribution < 1.29 is 23.1 Å². The van der Waals surface area contributed by atoms with Crippen molar-refractivity contribution in [3.05, 3.63) is 35.4 Å². The first kappa shape index (κ1) is 12.5. The van der Waals surface area contributed by atoms with Crippen LogP contribution in [0.4, 0.5) is 13.2 Å². The number of aromatic carboxylic acids is 1. The normalized spacial score (nSPS) is 12.6. The van der Waals surface area contributed by atoms with Crippen molar-refractivity contribution in [2.75, 3.05) is 0 Å².